The molecule has 0 spiro atoms. The number of nitrogens with one attached hydrogen (secondary N) is 1. The lowest BCUT2D eigenvalue weighted by molar-refractivity contribution is 0.262. The highest BCUT2D eigenvalue weighted by molar-refractivity contribution is 7.89. The average Bonchev–Trinajstić information content (AvgIpc) is 2.52. The molecule has 5 nitrogen and oxygen atoms in total. The third-order valence-corrected chi connectivity index (χ3v) is 5.83. The lowest BCUT2D eigenvalue weighted by Crippen LogP contribution is -2.47. The fourth-order valence-electron chi connectivity index (χ4n) is 2.78. The molecule has 1 aliphatic rings. The van der Waals surface area contributed by atoms with Crippen LogP contribution in [0.3, 0.4) is 0 Å². The van der Waals surface area contributed by atoms with Gasteiger partial charge < -0.3 is 5.32 Å². The largest absolute Gasteiger partial charge is 0.317 e. The van der Waals surface area contributed by atoms with Gasteiger partial charge >= 0.3 is 0 Å². The maximum Gasteiger partial charge on any atom is 0.214 e. The van der Waals surface area contributed by atoms with Crippen LogP contribution >= 0.6 is 0 Å². The van der Waals surface area contributed by atoms with Crippen molar-refractivity contribution in [2.75, 3.05) is 25.4 Å². The van der Waals surface area contributed by atoms with E-state index in [1.807, 2.05) is 19.1 Å². The number of piperidine rings is 1. The lowest BCUT2D eigenvalue weighted by Gasteiger charge is -2.33. The van der Waals surface area contributed by atoms with E-state index in [1.165, 1.54) is 0 Å². The number of hydrogen-bond acceptors (Lipinski definition) is 4. The van der Waals surface area contributed by atoms with Gasteiger partial charge in [0.05, 0.1) is 5.75 Å². The zero-order chi connectivity index (χ0) is 15.1. The van der Waals surface area contributed by atoms with E-state index >= 15 is 0 Å². The van der Waals surface area contributed by atoms with E-state index < -0.39 is 10.0 Å². The molecule has 0 atom stereocenters. The first-order valence-corrected chi connectivity index (χ1v) is 9.33. The SMILES string of the molecule is CCCN(C1CCNCC1)S(=O)(=O)CCc1ccncc1. The third kappa shape index (κ3) is 4.76. The molecule has 0 saturated carbocycles. The number of hydrogen-bond donors (Lipinski definition) is 1. The minimum Gasteiger partial charge on any atom is -0.317 e. The van der Waals surface area contributed by atoms with Crippen LogP contribution in [0.15, 0.2) is 24.5 Å². The molecule has 1 aromatic rings. The van der Waals surface area contributed by atoms with Gasteiger partial charge in [0.25, 0.3) is 0 Å². The summed E-state index contributed by atoms with van der Waals surface area (Å²) in [5.41, 5.74) is 1.02. The molecular formula is C15H25N3O2S. The van der Waals surface area contributed by atoms with Crippen molar-refractivity contribution in [3.63, 3.8) is 0 Å². The van der Waals surface area contributed by atoms with E-state index in [0.29, 0.717) is 13.0 Å². The quantitative estimate of drug-likeness (QED) is 0.827. The predicted molar refractivity (Wildman–Crippen MR) is 84.6 cm³/mol. The summed E-state index contributed by atoms with van der Waals surface area (Å²) in [7, 11) is -3.20. The molecule has 1 N–H and O–H groups in total. The Bertz CT molecular complexity index is 513. The highest BCUT2D eigenvalue weighted by Crippen LogP contribution is 2.18. The van der Waals surface area contributed by atoms with Crippen molar-refractivity contribution in [2.45, 2.75) is 38.6 Å². The van der Waals surface area contributed by atoms with Gasteiger partial charge in [-0.25, -0.2) is 8.42 Å². The Kier molecular flexibility index (Phi) is 6.14. The number of rotatable bonds is 7. The number of sulfonamides is 1. The minimum absolute atomic E-state index is 0.161. The summed E-state index contributed by atoms with van der Waals surface area (Å²) >= 11 is 0. The van der Waals surface area contributed by atoms with Gasteiger partial charge in [-0.2, -0.15) is 4.31 Å². The van der Waals surface area contributed by atoms with Crippen molar-refractivity contribution >= 4 is 10.0 Å². The summed E-state index contributed by atoms with van der Waals surface area (Å²) in [6.45, 7) is 4.48. The van der Waals surface area contributed by atoms with E-state index in [-0.39, 0.29) is 11.8 Å². The van der Waals surface area contributed by atoms with Crippen LogP contribution in [-0.4, -0.2) is 49.1 Å². The van der Waals surface area contributed by atoms with Crippen LogP contribution < -0.4 is 5.32 Å². The fourth-order valence-corrected chi connectivity index (χ4v) is 4.63. The van der Waals surface area contributed by atoms with Crippen molar-refractivity contribution in [1.29, 1.82) is 0 Å². The van der Waals surface area contributed by atoms with Gasteiger partial charge in [0.15, 0.2) is 0 Å². The Morgan fingerprint density at radius 3 is 2.57 bits per heavy atom. The van der Waals surface area contributed by atoms with E-state index in [1.54, 1.807) is 16.7 Å². The maximum absolute atomic E-state index is 12.7. The molecule has 0 radical (unpaired) electrons. The third-order valence-electron chi connectivity index (χ3n) is 3.92. The van der Waals surface area contributed by atoms with E-state index in [4.69, 9.17) is 0 Å². The molecule has 2 rings (SSSR count). The van der Waals surface area contributed by atoms with Gasteiger partial charge in [0, 0.05) is 25.0 Å². The van der Waals surface area contributed by atoms with E-state index in [2.05, 4.69) is 10.3 Å². The van der Waals surface area contributed by atoms with Crippen molar-refractivity contribution in [3.8, 4) is 0 Å². The highest BCUT2D eigenvalue weighted by atomic mass is 32.2. The molecule has 1 aliphatic heterocycles. The number of aryl methyl sites for hydroxylation is 1. The Balaban J connectivity index is 2.02. The molecule has 6 heteroatoms. The first kappa shape index (κ1) is 16.4. The van der Waals surface area contributed by atoms with Crippen LogP contribution in [0.25, 0.3) is 0 Å². The molecule has 1 fully saturated rings. The summed E-state index contributed by atoms with van der Waals surface area (Å²) in [4.78, 5) is 3.96. The van der Waals surface area contributed by atoms with Crippen molar-refractivity contribution in [1.82, 2.24) is 14.6 Å². The topological polar surface area (TPSA) is 62.3 Å². The Hall–Kier alpha value is -0.980. The van der Waals surface area contributed by atoms with Gasteiger partial charge in [0.2, 0.25) is 10.0 Å². The summed E-state index contributed by atoms with van der Waals surface area (Å²) < 4.78 is 27.1. The first-order valence-electron chi connectivity index (χ1n) is 7.72. The van der Waals surface area contributed by atoms with Crippen molar-refractivity contribution < 1.29 is 8.42 Å². The lowest BCUT2D eigenvalue weighted by atomic mass is 10.1. The monoisotopic (exact) mass is 311 g/mol. The molecule has 0 bridgehead atoms. The first-order chi connectivity index (χ1) is 10.1. The smallest absolute Gasteiger partial charge is 0.214 e. The second kappa shape index (κ2) is 7.87. The average molecular weight is 311 g/mol. The number of nitrogens with zero attached hydrogens (tertiary/aromatic N) is 2. The molecule has 2 heterocycles. The number of aromatic nitrogens is 1. The molecule has 1 aromatic heterocycles. The van der Waals surface area contributed by atoms with Gasteiger partial charge in [0.1, 0.15) is 0 Å². The van der Waals surface area contributed by atoms with Crippen molar-refractivity contribution in [3.05, 3.63) is 30.1 Å². The van der Waals surface area contributed by atoms with Gasteiger partial charge in [-0.1, -0.05) is 6.92 Å². The van der Waals surface area contributed by atoms with Crippen LogP contribution in [0.1, 0.15) is 31.7 Å². The summed E-state index contributed by atoms with van der Waals surface area (Å²) in [5, 5.41) is 3.29. The molecule has 1 saturated heterocycles. The Morgan fingerprint density at radius 1 is 1.29 bits per heavy atom. The highest BCUT2D eigenvalue weighted by Gasteiger charge is 2.29. The molecule has 0 aromatic carbocycles. The van der Waals surface area contributed by atoms with Gasteiger partial charge in [-0.05, 0) is 56.5 Å². The molecule has 0 unspecified atom stereocenters. The molecule has 0 aliphatic carbocycles. The van der Waals surface area contributed by atoms with Crippen LogP contribution in [0.2, 0.25) is 0 Å². The van der Waals surface area contributed by atoms with E-state index in [9.17, 15) is 8.42 Å². The van der Waals surface area contributed by atoms with E-state index in [0.717, 1.165) is 37.9 Å². The molecule has 118 valence electrons. The van der Waals surface area contributed by atoms with Crippen LogP contribution in [0.4, 0.5) is 0 Å². The molecular weight excluding hydrogens is 286 g/mol. The zero-order valence-corrected chi connectivity index (χ0v) is 13.5. The fraction of sp³-hybridized carbons (Fsp3) is 0.667. The standard InChI is InChI=1S/C15H25N3O2S/c1-2-12-18(15-5-10-17-11-6-15)21(19,20)13-7-14-3-8-16-9-4-14/h3-4,8-9,15,17H,2,5-7,10-13H2,1H3. The van der Waals surface area contributed by atoms with Gasteiger partial charge in [-0.15, -0.1) is 0 Å². The zero-order valence-electron chi connectivity index (χ0n) is 12.7. The maximum atomic E-state index is 12.7. The second-order valence-electron chi connectivity index (χ2n) is 5.51. The summed E-state index contributed by atoms with van der Waals surface area (Å²) in [6.07, 6.45) is 6.65. The van der Waals surface area contributed by atoms with Crippen LogP contribution in [-0.2, 0) is 16.4 Å². The second-order valence-corrected chi connectivity index (χ2v) is 7.55. The molecule has 0 amide bonds. The predicted octanol–water partition coefficient (Wildman–Crippen LogP) is 1.42. The van der Waals surface area contributed by atoms with Crippen LogP contribution in [0, 0.1) is 0 Å². The number of pyridine rings is 1. The van der Waals surface area contributed by atoms with Gasteiger partial charge in [-0.3, -0.25) is 4.98 Å². The Labute approximate surface area is 127 Å². The Morgan fingerprint density at radius 2 is 1.95 bits per heavy atom. The van der Waals surface area contributed by atoms with Crippen molar-refractivity contribution in [2.24, 2.45) is 0 Å². The minimum atomic E-state index is -3.20. The summed E-state index contributed by atoms with van der Waals surface area (Å²) in [5.74, 6) is 0.181. The van der Waals surface area contributed by atoms with Crippen LogP contribution in [0.5, 0.6) is 0 Å². The normalized spacial score (nSPS) is 17.2. The summed E-state index contributed by atoms with van der Waals surface area (Å²) in [6, 6.07) is 3.92. The molecule has 21 heavy (non-hydrogen) atoms.